The predicted molar refractivity (Wildman–Crippen MR) is 72.3 cm³/mol. The minimum Gasteiger partial charge on any atom is -0.361 e. The normalized spacial score (nSPS) is 22.4. The highest BCUT2D eigenvalue weighted by molar-refractivity contribution is 8.14. The van der Waals surface area contributed by atoms with Crippen molar-refractivity contribution in [1.82, 2.24) is 5.32 Å². The van der Waals surface area contributed by atoms with E-state index in [9.17, 15) is 0 Å². The second-order valence-electron chi connectivity index (χ2n) is 3.77. The van der Waals surface area contributed by atoms with Crippen LogP contribution < -0.4 is 5.32 Å². The fraction of sp³-hybridized carbons (Fsp3) is 0.417. The van der Waals surface area contributed by atoms with Crippen molar-refractivity contribution in [3.63, 3.8) is 0 Å². The minimum absolute atomic E-state index is 0.579. The Hall–Kier alpha value is -0.670. The van der Waals surface area contributed by atoms with Gasteiger partial charge >= 0.3 is 0 Å². The molecule has 1 aliphatic heterocycles. The first-order valence-corrected chi connectivity index (χ1v) is 6.83. The summed E-state index contributed by atoms with van der Waals surface area (Å²) < 4.78 is 0. The summed E-state index contributed by atoms with van der Waals surface area (Å²) in [6, 6.07) is 8.43. The van der Waals surface area contributed by atoms with E-state index in [4.69, 9.17) is 11.6 Å². The molecule has 1 saturated heterocycles. The lowest BCUT2D eigenvalue weighted by molar-refractivity contribution is 0.667. The standard InChI is InChI=1S/C12H15ClN2S/c1-2-10-8-16-12(15-10)14-7-9-5-3-4-6-11(9)13/h3-6,10H,2,7-8H2,1H3,(H,14,15). The zero-order valence-electron chi connectivity index (χ0n) is 9.24. The molecular weight excluding hydrogens is 240 g/mol. The summed E-state index contributed by atoms with van der Waals surface area (Å²) in [6.07, 6.45) is 1.15. The van der Waals surface area contributed by atoms with Gasteiger partial charge in [-0.1, -0.05) is 48.5 Å². The predicted octanol–water partition coefficient (Wildman–Crippen LogP) is 3.31. The number of aliphatic imine (C=N–C) groups is 1. The maximum absolute atomic E-state index is 6.07. The SMILES string of the molecule is CCC1CSC(=NCc2ccccc2Cl)N1. The van der Waals surface area contributed by atoms with Gasteiger partial charge in [-0.2, -0.15) is 0 Å². The molecule has 0 aliphatic carbocycles. The number of benzene rings is 1. The summed E-state index contributed by atoms with van der Waals surface area (Å²) in [4.78, 5) is 4.54. The summed E-state index contributed by atoms with van der Waals surface area (Å²) in [7, 11) is 0. The fourth-order valence-corrected chi connectivity index (χ4v) is 2.81. The van der Waals surface area contributed by atoms with Crippen LogP contribution in [0.2, 0.25) is 5.02 Å². The van der Waals surface area contributed by atoms with Crippen LogP contribution >= 0.6 is 23.4 Å². The number of halogens is 1. The number of hydrogen-bond acceptors (Lipinski definition) is 2. The van der Waals surface area contributed by atoms with Gasteiger partial charge in [0.05, 0.1) is 6.54 Å². The van der Waals surface area contributed by atoms with E-state index in [1.165, 1.54) is 0 Å². The Morgan fingerprint density at radius 1 is 1.50 bits per heavy atom. The highest BCUT2D eigenvalue weighted by Crippen LogP contribution is 2.19. The third-order valence-electron chi connectivity index (χ3n) is 2.59. The first kappa shape index (κ1) is 11.8. The fourth-order valence-electron chi connectivity index (χ4n) is 1.53. The molecule has 1 unspecified atom stereocenters. The Bertz CT molecular complexity index is 392. The molecular formula is C12H15ClN2S. The van der Waals surface area contributed by atoms with Crippen molar-refractivity contribution in [1.29, 1.82) is 0 Å². The van der Waals surface area contributed by atoms with Gasteiger partial charge in [0.2, 0.25) is 0 Å². The Morgan fingerprint density at radius 2 is 2.31 bits per heavy atom. The van der Waals surface area contributed by atoms with Crippen LogP contribution in [0.5, 0.6) is 0 Å². The number of hydrogen-bond donors (Lipinski definition) is 1. The minimum atomic E-state index is 0.579. The average Bonchev–Trinajstić information content (AvgIpc) is 2.76. The molecule has 1 heterocycles. The maximum atomic E-state index is 6.07. The number of amidine groups is 1. The van der Waals surface area contributed by atoms with E-state index in [1.54, 1.807) is 11.8 Å². The van der Waals surface area contributed by atoms with Gasteiger partial charge in [0.15, 0.2) is 5.17 Å². The maximum Gasteiger partial charge on any atom is 0.157 e. The molecule has 2 rings (SSSR count). The first-order valence-electron chi connectivity index (χ1n) is 5.46. The summed E-state index contributed by atoms with van der Waals surface area (Å²) in [5.41, 5.74) is 1.08. The molecule has 1 N–H and O–H groups in total. The van der Waals surface area contributed by atoms with Gasteiger partial charge in [-0.15, -0.1) is 0 Å². The quantitative estimate of drug-likeness (QED) is 0.895. The molecule has 0 radical (unpaired) electrons. The Labute approximate surface area is 105 Å². The largest absolute Gasteiger partial charge is 0.361 e. The van der Waals surface area contributed by atoms with Crippen molar-refractivity contribution in [3.8, 4) is 0 Å². The summed E-state index contributed by atoms with van der Waals surface area (Å²) in [6.45, 7) is 2.85. The zero-order chi connectivity index (χ0) is 11.4. The lowest BCUT2D eigenvalue weighted by Crippen LogP contribution is -2.25. The van der Waals surface area contributed by atoms with E-state index in [0.29, 0.717) is 12.6 Å². The molecule has 0 amide bonds. The van der Waals surface area contributed by atoms with Crippen molar-refractivity contribution in [3.05, 3.63) is 34.9 Å². The monoisotopic (exact) mass is 254 g/mol. The molecule has 1 atom stereocenters. The lowest BCUT2D eigenvalue weighted by Gasteiger charge is -2.05. The molecule has 86 valence electrons. The number of thioether (sulfide) groups is 1. The number of nitrogens with one attached hydrogen (secondary N) is 1. The van der Waals surface area contributed by atoms with Crippen LogP contribution in [0, 0.1) is 0 Å². The second kappa shape index (κ2) is 5.60. The molecule has 0 bridgehead atoms. The van der Waals surface area contributed by atoms with Crippen LogP contribution in [-0.4, -0.2) is 17.0 Å². The van der Waals surface area contributed by atoms with Crippen molar-refractivity contribution < 1.29 is 0 Å². The highest BCUT2D eigenvalue weighted by atomic mass is 35.5. The van der Waals surface area contributed by atoms with E-state index in [2.05, 4.69) is 17.2 Å². The average molecular weight is 255 g/mol. The summed E-state index contributed by atoms with van der Waals surface area (Å²) >= 11 is 7.87. The van der Waals surface area contributed by atoms with E-state index >= 15 is 0 Å². The second-order valence-corrected chi connectivity index (χ2v) is 5.19. The van der Waals surface area contributed by atoms with E-state index in [0.717, 1.165) is 27.9 Å². The van der Waals surface area contributed by atoms with Crippen LogP contribution in [0.15, 0.2) is 29.3 Å². The highest BCUT2D eigenvalue weighted by Gasteiger charge is 2.17. The van der Waals surface area contributed by atoms with Crippen LogP contribution in [0.4, 0.5) is 0 Å². The zero-order valence-corrected chi connectivity index (χ0v) is 10.8. The number of nitrogens with zero attached hydrogens (tertiary/aromatic N) is 1. The van der Waals surface area contributed by atoms with Crippen molar-refractivity contribution in [2.45, 2.75) is 25.9 Å². The smallest absolute Gasteiger partial charge is 0.157 e. The van der Waals surface area contributed by atoms with Crippen LogP contribution in [0.25, 0.3) is 0 Å². The Kier molecular flexibility index (Phi) is 4.13. The molecule has 1 aromatic rings. The molecule has 0 saturated carbocycles. The van der Waals surface area contributed by atoms with E-state index in [-0.39, 0.29) is 0 Å². The molecule has 0 spiro atoms. The van der Waals surface area contributed by atoms with E-state index < -0.39 is 0 Å². The van der Waals surface area contributed by atoms with Gasteiger partial charge in [-0.25, -0.2) is 0 Å². The first-order chi connectivity index (χ1) is 7.79. The van der Waals surface area contributed by atoms with Gasteiger partial charge in [0.1, 0.15) is 0 Å². The lowest BCUT2D eigenvalue weighted by atomic mass is 10.2. The van der Waals surface area contributed by atoms with Crippen LogP contribution in [0.3, 0.4) is 0 Å². The van der Waals surface area contributed by atoms with Crippen molar-refractivity contribution in [2.75, 3.05) is 5.75 Å². The molecule has 1 aromatic carbocycles. The Morgan fingerprint density at radius 3 is 3.00 bits per heavy atom. The van der Waals surface area contributed by atoms with Gasteiger partial charge < -0.3 is 5.32 Å². The van der Waals surface area contributed by atoms with Crippen molar-refractivity contribution >= 4 is 28.5 Å². The van der Waals surface area contributed by atoms with E-state index in [1.807, 2.05) is 24.3 Å². The van der Waals surface area contributed by atoms with Gasteiger partial charge in [-0.3, -0.25) is 4.99 Å². The topological polar surface area (TPSA) is 24.4 Å². The molecule has 1 fully saturated rings. The summed E-state index contributed by atoms with van der Waals surface area (Å²) in [5, 5.41) is 5.24. The molecule has 16 heavy (non-hydrogen) atoms. The third-order valence-corrected chi connectivity index (χ3v) is 4.05. The van der Waals surface area contributed by atoms with Crippen LogP contribution in [0.1, 0.15) is 18.9 Å². The van der Waals surface area contributed by atoms with Crippen LogP contribution in [-0.2, 0) is 6.54 Å². The van der Waals surface area contributed by atoms with Crippen molar-refractivity contribution in [2.24, 2.45) is 4.99 Å². The third kappa shape index (κ3) is 2.92. The number of rotatable bonds is 3. The molecule has 2 nitrogen and oxygen atoms in total. The van der Waals surface area contributed by atoms with Gasteiger partial charge in [0.25, 0.3) is 0 Å². The van der Waals surface area contributed by atoms with Gasteiger partial charge in [0, 0.05) is 16.8 Å². The van der Waals surface area contributed by atoms with Gasteiger partial charge in [-0.05, 0) is 18.1 Å². The molecule has 4 heteroatoms. The molecule has 1 aliphatic rings. The summed E-state index contributed by atoms with van der Waals surface area (Å²) in [5.74, 6) is 1.12. The Balaban J connectivity index is 1.97. The molecule has 0 aromatic heterocycles.